The first-order valence-electron chi connectivity index (χ1n) is 5.82. The van der Waals surface area contributed by atoms with E-state index in [0.717, 1.165) is 18.4 Å². The lowest BCUT2D eigenvalue weighted by molar-refractivity contribution is -0.00482. The van der Waals surface area contributed by atoms with Crippen molar-refractivity contribution in [3.8, 4) is 11.8 Å². The van der Waals surface area contributed by atoms with Crippen LogP contribution in [0.25, 0.3) is 0 Å². The molecule has 0 aliphatic rings. The van der Waals surface area contributed by atoms with Crippen molar-refractivity contribution in [2.24, 2.45) is 0 Å². The van der Waals surface area contributed by atoms with Crippen molar-refractivity contribution in [1.29, 1.82) is 0 Å². The highest BCUT2D eigenvalue weighted by atomic mass is 16.5. The van der Waals surface area contributed by atoms with Gasteiger partial charge in [0.15, 0.2) is 0 Å². The molecule has 0 saturated heterocycles. The average Bonchev–Trinajstić information content (AvgIpc) is 2.26. The van der Waals surface area contributed by atoms with E-state index in [1.54, 1.807) is 0 Å². The smallest absolute Gasteiger partial charge is 0.108 e. The summed E-state index contributed by atoms with van der Waals surface area (Å²) in [5.74, 6) is 6.13. The van der Waals surface area contributed by atoms with Crippen LogP contribution < -0.4 is 0 Å². The van der Waals surface area contributed by atoms with Crippen molar-refractivity contribution < 1.29 is 4.74 Å². The van der Waals surface area contributed by atoms with E-state index in [-0.39, 0.29) is 5.60 Å². The fourth-order valence-corrected chi connectivity index (χ4v) is 1.57. The zero-order valence-electron chi connectivity index (χ0n) is 10.4. The Morgan fingerprint density at radius 1 is 1.19 bits per heavy atom. The van der Waals surface area contributed by atoms with Crippen LogP contribution in [0, 0.1) is 11.8 Å². The van der Waals surface area contributed by atoms with Crippen molar-refractivity contribution in [3.63, 3.8) is 0 Å². The summed E-state index contributed by atoms with van der Waals surface area (Å²) in [4.78, 5) is 0. The normalized spacial score (nSPS) is 10.7. The van der Waals surface area contributed by atoms with E-state index in [2.05, 4.69) is 32.6 Å². The maximum atomic E-state index is 5.72. The second-order valence-corrected chi connectivity index (χ2v) is 4.47. The SMILES string of the molecule is CCCC(C)(C)OCC#Cc1ccccc1. The topological polar surface area (TPSA) is 9.23 Å². The molecular weight excluding hydrogens is 196 g/mol. The Kier molecular flexibility index (Phi) is 5.08. The van der Waals surface area contributed by atoms with Gasteiger partial charge in [-0.2, -0.15) is 0 Å². The van der Waals surface area contributed by atoms with Gasteiger partial charge in [0, 0.05) is 5.56 Å². The molecule has 1 nitrogen and oxygen atoms in total. The van der Waals surface area contributed by atoms with Gasteiger partial charge in [-0.05, 0) is 32.4 Å². The standard InChI is InChI=1S/C15H20O/c1-4-12-15(2,3)16-13-8-11-14-9-6-5-7-10-14/h5-7,9-10H,4,12-13H2,1-3H3. The van der Waals surface area contributed by atoms with Gasteiger partial charge in [0.1, 0.15) is 6.61 Å². The molecule has 0 aliphatic heterocycles. The summed E-state index contributed by atoms with van der Waals surface area (Å²) in [6.07, 6.45) is 2.21. The molecule has 1 aromatic rings. The minimum absolute atomic E-state index is 0.0554. The molecule has 1 aromatic carbocycles. The van der Waals surface area contributed by atoms with Gasteiger partial charge < -0.3 is 4.74 Å². The van der Waals surface area contributed by atoms with Gasteiger partial charge >= 0.3 is 0 Å². The Morgan fingerprint density at radius 3 is 2.50 bits per heavy atom. The van der Waals surface area contributed by atoms with Crippen molar-refractivity contribution in [2.45, 2.75) is 39.2 Å². The van der Waals surface area contributed by atoms with Crippen molar-refractivity contribution >= 4 is 0 Å². The molecule has 0 fully saturated rings. The Balaban J connectivity index is 2.39. The summed E-state index contributed by atoms with van der Waals surface area (Å²) in [5.41, 5.74) is 0.986. The summed E-state index contributed by atoms with van der Waals surface area (Å²) >= 11 is 0. The summed E-state index contributed by atoms with van der Waals surface area (Å²) in [7, 11) is 0. The molecule has 0 aliphatic carbocycles. The molecule has 86 valence electrons. The molecular formula is C15H20O. The van der Waals surface area contributed by atoms with Crippen LogP contribution in [-0.4, -0.2) is 12.2 Å². The summed E-state index contributed by atoms with van der Waals surface area (Å²) in [6.45, 7) is 6.89. The van der Waals surface area contributed by atoms with Crippen LogP contribution in [0.2, 0.25) is 0 Å². The van der Waals surface area contributed by atoms with Gasteiger partial charge in [-0.1, -0.05) is 43.4 Å². The highest BCUT2D eigenvalue weighted by Gasteiger charge is 2.15. The number of benzene rings is 1. The maximum Gasteiger partial charge on any atom is 0.108 e. The van der Waals surface area contributed by atoms with E-state index in [1.807, 2.05) is 30.3 Å². The minimum Gasteiger partial charge on any atom is -0.363 e. The molecule has 1 heteroatoms. The molecule has 0 N–H and O–H groups in total. The fraction of sp³-hybridized carbons (Fsp3) is 0.467. The van der Waals surface area contributed by atoms with E-state index < -0.39 is 0 Å². The van der Waals surface area contributed by atoms with Gasteiger partial charge in [0.25, 0.3) is 0 Å². The van der Waals surface area contributed by atoms with Crippen molar-refractivity contribution in [2.75, 3.05) is 6.61 Å². The molecule has 0 heterocycles. The second-order valence-electron chi connectivity index (χ2n) is 4.47. The average molecular weight is 216 g/mol. The van der Waals surface area contributed by atoms with Crippen molar-refractivity contribution in [1.82, 2.24) is 0 Å². The number of ether oxygens (including phenoxy) is 1. The third-order valence-corrected chi connectivity index (χ3v) is 2.39. The first kappa shape index (κ1) is 12.8. The number of rotatable bonds is 4. The van der Waals surface area contributed by atoms with Crippen LogP contribution in [0.15, 0.2) is 30.3 Å². The minimum atomic E-state index is -0.0554. The maximum absolute atomic E-state index is 5.72. The van der Waals surface area contributed by atoms with E-state index in [0.29, 0.717) is 6.61 Å². The van der Waals surface area contributed by atoms with Gasteiger partial charge in [0.05, 0.1) is 5.60 Å². The quantitative estimate of drug-likeness (QED) is 0.698. The molecule has 1 rings (SSSR count). The van der Waals surface area contributed by atoms with Crippen LogP contribution in [0.4, 0.5) is 0 Å². The zero-order valence-corrected chi connectivity index (χ0v) is 10.4. The molecule has 16 heavy (non-hydrogen) atoms. The van der Waals surface area contributed by atoms with Gasteiger partial charge in [-0.15, -0.1) is 0 Å². The molecule has 0 radical (unpaired) electrons. The molecule has 0 unspecified atom stereocenters. The monoisotopic (exact) mass is 216 g/mol. The van der Waals surface area contributed by atoms with Crippen molar-refractivity contribution in [3.05, 3.63) is 35.9 Å². The van der Waals surface area contributed by atoms with Crippen LogP contribution in [0.5, 0.6) is 0 Å². The third kappa shape index (κ3) is 5.00. The Bertz CT molecular complexity index is 354. The van der Waals surface area contributed by atoms with Crippen LogP contribution in [0.1, 0.15) is 39.2 Å². The predicted molar refractivity (Wildman–Crippen MR) is 68.3 cm³/mol. The Morgan fingerprint density at radius 2 is 1.88 bits per heavy atom. The summed E-state index contributed by atoms with van der Waals surface area (Å²) < 4.78 is 5.72. The van der Waals surface area contributed by atoms with Crippen LogP contribution in [-0.2, 0) is 4.74 Å². The highest BCUT2D eigenvalue weighted by Crippen LogP contribution is 2.15. The second kappa shape index (κ2) is 6.35. The van der Waals surface area contributed by atoms with E-state index in [1.165, 1.54) is 0 Å². The molecule has 0 amide bonds. The van der Waals surface area contributed by atoms with Gasteiger partial charge in [-0.25, -0.2) is 0 Å². The lowest BCUT2D eigenvalue weighted by Gasteiger charge is -2.23. The van der Waals surface area contributed by atoms with Crippen LogP contribution >= 0.6 is 0 Å². The van der Waals surface area contributed by atoms with Gasteiger partial charge in [0.2, 0.25) is 0 Å². The first-order chi connectivity index (χ1) is 7.64. The zero-order chi connectivity index (χ0) is 11.9. The Labute approximate surface area is 98.8 Å². The molecule has 0 atom stereocenters. The molecule has 0 bridgehead atoms. The van der Waals surface area contributed by atoms with E-state index in [4.69, 9.17) is 4.74 Å². The summed E-state index contributed by atoms with van der Waals surface area (Å²) in [5, 5.41) is 0. The molecule has 0 spiro atoms. The van der Waals surface area contributed by atoms with E-state index >= 15 is 0 Å². The highest BCUT2D eigenvalue weighted by molar-refractivity contribution is 5.33. The fourth-order valence-electron chi connectivity index (χ4n) is 1.57. The van der Waals surface area contributed by atoms with E-state index in [9.17, 15) is 0 Å². The largest absolute Gasteiger partial charge is 0.363 e. The Hall–Kier alpha value is -1.26. The van der Waals surface area contributed by atoms with Gasteiger partial charge in [-0.3, -0.25) is 0 Å². The molecule has 0 aromatic heterocycles. The lowest BCUT2D eigenvalue weighted by atomic mass is 10.0. The summed E-state index contributed by atoms with van der Waals surface area (Å²) in [6, 6.07) is 9.98. The first-order valence-corrected chi connectivity index (χ1v) is 5.82. The predicted octanol–water partition coefficient (Wildman–Crippen LogP) is 3.63. The third-order valence-electron chi connectivity index (χ3n) is 2.39. The van der Waals surface area contributed by atoms with Crippen LogP contribution in [0.3, 0.4) is 0 Å². The molecule has 0 saturated carbocycles. The lowest BCUT2D eigenvalue weighted by Crippen LogP contribution is -2.24. The number of hydrogen-bond donors (Lipinski definition) is 0. The number of hydrogen-bond acceptors (Lipinski definition) is 1.